The van der Waals surface area contributed by atoms with Crippen molar-refractivity contribution in [2.24, 2.45) is 45.0 Å². The lowest BCUT2D eigenvalue weighted by Gasteiger charge is -2.57. The predicted octanol–water partition coefficient (Wildman–Crippen LogP) is 11.4. The monoisotopic (exact) mass is 733 g/mol. The lowest BCUT2D eigenvalue weighted by Crippen LogP contribution is -2.52. The number of hydrogen-bond acceptors (Lipinski definition) is 6. The van der Waals surface area contributed by atoms with Crippen molar-refractivity contribution < 1.29 is 4.58 Å². The molecule has 5 saturated carbocycles. The van der Waals surface area contributed by atoms with Gasteiger partial charge in [-0.3, -0.25) is 0 Å². The average Bonchev–Trinajstić information content (AvgIpc) is 3.22. The van der Waals surface area contributed by atoms with E-state index in [1.807, 2.05) is 0 Å². The van der Waals surface area contributed by atoms with Crippen LogP contribution >= 0.6 is 11.8 Å². The van der Waals surface area contributed by atoms with E-state index in [4.69, 9.17) is 24.9 Å². The molecule has 0 radical (unpaired) electrons. The summed E-state index contributed by atoms with van der Waals surface area (Å²) >= 11 is 2.35. The Morgan fingerprint density at radius 2 is 1.32 bits per heavy atom. The summed E-state index contributed by atoms with van der Waals surface area (Å²) in [6.45, 7) is 6.01. The van der Waals surface area contributed by atoms with Crippen LogP contribution in [-0.4, -0.2) is 54.6 Å². The fraction of sp³-hybridized carbons (Fsp3) is 0.739. The van der Waals surface area contributed by atoms with E-state index in [2.05, 4.69) is 66.7 Å². The number of nitrogens with zero attached hydrogens (tertiary/aromatic N) is 6. The molecule has 2 aliphatic heterocycles. The number of thioether (sulfide) groups is 1. The SMILES string of the molecule is CC1(C)C2CCCCC2SC2C(c3nc(-c4ccccc4)nc(C4CCC(C5=NC/[N+](=C\C6CCCCC6)C(C6CCCCC6)=N5)CC4)n3)CCCC21. The molecule has 9 rings (SSSR count). The van der Waals surface area contributed by atoms with Gasteiger partial charge in [-0.1, -0.05) is 102 Å². The number of benzene rings is 1. The zero-order valence-corrected chi connectivity index (χ0v) is 33.6. The van der Waals surface area contributed by atoms with Gasteiger partial charge in [-0.05, 0) is 99.3 Å². The predicted molar refractivity (Wildman–Crippen MR) is 220 cm³/mol. The summed E-state index contributed by atoms with van der Waals surface area (Å²) in [5, 5.41) is 1.41. The molecule has 3 heterocycles. The molecule has 6 fully saturated rings. The molecule has 7 heteroatoms. The smallest absolute Gasteiger partial charge is 0.218 e. The zero-order valence-electron chi connectivity index (χ0n) is 32.8. The van der Waals surface area contributed by atoms with Gasteiger partial charge in [-0.15, -0.1) is 0 Å². The second-order valence-corrected chi connectivity index (χ2v) is 20.2. The van der Waals surface area contributed by atoms with Crippen LogP contribution in [0.2, 0.25) is 0 Å². The zero-order chi connectivity index (χ0) is 35.8. The van der Waals surface area contributed by atoms with Gasteiger partial charge in [0.1, 0.15) is 11.6 Å². The van der Waals surface area contributed by atoms with Crippen LogP contribution in [0.1, 0.15) is 172 Å². The first-order valence-electron chi connectivity index (χ1n) is 22.2. The molecule has 2 aromatic rings. The first kappa shape index (κ1) is 36.2. The maximum absolute atomic E-state index is 5.52. The summed E-state index contributed by atoms with van der Waals surface area (Å²) in [7, 11) is 0. The first-order chi connectivity index (χ1) is 26.0. The van der Waals surface area contributed by atoms with Crippen molar-refractivity contribution in [3.8, 4) is 11.4 Å². The Hall–Kier alpha value is -2.41. The Labute approximate surface area is 324 Å². The van der Waals surface area contributed by atoms with Crippen molar-refractivity contribution in [2.45, 2.75) is 171 Å². The minimum atomic E-state index is 0.371. The molecule has 0 spiro atoms. The number of aromatic nitrogens is 3. The second-order valence-electron chi connectivity index (χ2n) is 18.8. The summed E-state index contributed by atoms with van der Waals surface area (Å²) in [5.41, 5.74) is 1.51. The summed E-state index contributed by atoms with van der Waals surface area (Å²) < 4.78 is 2.49. The Balaban J connectivity index is 0.962. The van der Waals surface area contributed by atoms with Gasteiger partial charge in [0.2, 0.25) is 5.84 Å². The van der Waals surface area contributed by atoms with Crippen molar-refractivity contribution in [1.29, 1.82) is 0 Å². The van der Waals surface area contributed by atoms with Gasteiger partial charge in [0.25, 0.3) is 0 Å². The van der Waals surface area contributed by atoms with Gasteiger partial charge >= 0.3 is 5.84 Å². The molecule has 0 N–H and O–H groups in total. The van der Waals surface area contributed by atoms with E-state index in [-0.39, 0.29) is 0 Å². The fourth-order valence-corrected chi connectivity index (χ4v) is 14.6. The fourth-order valence-electron chi connectivity index (χ4n) is 12.1. The van der Waals surface area contributed by atoms with Crippen LogP contribution in [-0.2, 0) is 0 Å². The molecule has 1 saturated heterocycles. The van der Waals surface area contributed by atoms with Crippen LogP contribution in [0, 0.1) is 35.0 Å². The number of amidine groups is 2. The molecular weight excluding hydrogens is 669 g/mol. The van der Waals surface area contributed by atoms with Crippen LogP contribution in [0.5, 0.6) is 0 Å². The third-order valence-electron chi connectivity index (χ3n) is 15.2. The Morgan fingerprint density at radius 3 is 2.11 bits per heavy atom. The number of rotatable bonds is 6. The van der Waals surface area contributed by atoms with E-state index in [1.54, 1.807) is 0 Å². The van der Waals surface area contributed by atoms with Crippen molar-refractivity contribution in [2.75, 3.05) is 6.67 Å². The van der Waals surface area contributed by atoms with Gasteiger partial charge in [0, 0.05) is 39.7 Å². The van der Waals surface area contributed by atoms with Gasteiger partial charge in [0.15, 0.2) is 12.5 Å². The highest BCUT2D eigenvalue weighted by atomic mass is 32.2. The molecule has 53 heavy (non-hydrogen) atoms. The maximum atomic E-state index is 5.52. The second kappa shape index (κ2) is 16.0. The lowest BCUT2D eigenvalue weighted by atomic mass is 9.58. The largest absolute Gasteiger partial charge is 0.305 e. The van der Waals surface area contributed by atoms with E-state index in [1.165, 1.54) is 115 Å². The van der Waals surface area contributed by atoms with Gasteiger partial charge in [-0.25, -0.2) is 24.5 Å². The van der Waals surface area contributed by atoms with Crippen molar-refractivity contribution >= 4 is 29.6 Å². The molecule has 0 amide bonds. The molecular formula is C46H65N6S+. The van der Waals surface area contributed by atoms with Crippen molar-refractivity contribution in [3.63, 3.8) is 0 Å². The lowest BCUT2D eigenvalue weighted by molar-refractivity contribution is -0.411. The van der Waals surface area contributed by atoms with E-state index >= 15 is 0 Å². The summed E-state index contributed by atoms with van der Waals surface area (Å²) in [6, 6.07) is 10.7. The molecule has 5 atom stereocenters. The quantitative estimate of drug-likeness (QED) is 0.277. The Bertz CT molecular complexity index is 1660. The van der Waals surface area contributed by atoms with Crippen molar-refractivity contribution in [1.82, 2.24) is 15.0 Å². The third-order valence-corrected chi connectivity index (χ3v) is 17.1. The standard InChI is InChI=1S/C46H65N6S/c1-46(2)37-22-12-13-24-39(37)53-40-36(21-14-23-38(40)46)44-49-42(32-17-8-4-9-18-32)48-43(50-44)34-27-25-33(26-28-34)41-47-30-52(29-31-15-6-3-7-16-31)45(51-41)35-19-10-5-11-20-35/h4,8-9,17-18,29,31,33-40H,3,5-7,10-16,19-28,30H2,1-2H3/q+1/b52-29+. The summed E-state index contributed by atoms with van der Waals surface area (Å²) in [4.78, 5) is 26.9. The van der Waals surface area contributed by atoms with Crippen LogP contribution in [0.25, 0.3) is 11.4 Å². The third kappa shape index (κ3) is 7.60. The van der Waals surface area contributed by atoms with Gasteiger partial charge in [-0.2, -0.15) is 11.8 Å². The minimum absolute atomic E-state index is 0.371. The highest BCUT2D eigenvalue weighted by molar-refractivity contribution is 8.00. The van der Waals surface area contributed by atoms with Crippen LogP contribution in [0.3, 0.4) is 0 Å². The summed E-state index contributed by atoms with van der Waals surface area (Å²) in [6.07, 6.45) is 30.0. The van der Waals surface area contributed by atoms with Crippen LogP contribution < -0.4 is 0 Å². The van der Waals surface area contributed by atoms with E-state index in [0.717, 1.165) is 78.3 Å². The molecule has 5 unspecified atom stereocenters. The average molecular weight is 734 g/mol. The molecule has 6 nitrogen and oxygen atoms in total. The normalized spacial score (nSPS) is 34.8. The molecule has 7 aliphatic rings. The summed E-state index contributed by atoms with van der Waals surface area (Å²) in [5.74, 6) is 9.66. The molecule has 1 aromatic carbocycles. The molecule has 284 valence electrons. The number of hydrogen-bond donors (Lipinski definition) is 0. The first-order valence-corrected chi connectivity index (χ1v) is 23.2. The van der Waals surface area contributed by atoms with E-state index in [9.17, 15) is 0 Å². The van der Waals surface area contributed by atoms with E-state index in [0.29, 0.717) is 40.3 Å². The number of aliphatic imine (C=N–C) groups is 2. The highest BCUT2D eigenvalue weighted by Crippen LogP contribution is 2.61. The molecule has 0 bridgehead atoms. The van der Waals surface area contributed by atoms with Gasteiger partial charge in [0.05, 0.1) is 12.1 Å². The highest BCUT2D eigenvalue weighted by Gasteiger charge is 2.54. The van der Waals surface area contributed by atoms with Crippen LogP contribution in [0.4, 0.5) is 0 Å². The van der Waals surface area contributed by atoms with Crippen LogP contribution in [0.15, 0.2) is 40.3 Å². The molecule has 5 aliphatic carbocycles. The van der Waals surface area contributed by atoms with Crippen molar-refractivity contribution in [3.05, 3.63) is 42.0 Å². The maximum Gasteiger partial charge on any atom is 0.305 e. The minimum Gasteiger partial charge on any atom is -0.218 e. The molecule has 1 aromatic heterocycles. The number of fused-ring (bicyclic) bond motifs is 2. The Morgan fingerprint density at radius 1 is 0.642 bits per heavy atom. The Kier molecular flexibility index (Phi) is 10.9. The van der Waals surface area contributed by atoms with Gasteiger partial charge < -0.3 is 0 Å². The van der Waals surface area contributed by atoms with E-state index < -0.39 is 0 Å². The topological polar surface area (TPSA) is 66.4 Å².